The van der Waals surface area contributed by atoms with Gasteiger partial charge in [-0.3, -0.25) is 4.79 Å². The fourth-order valence-corrected chi connectivity index (χ4v) is 2.76. The Balaban J connectivity index is 1.99. The van der Waals surface area contributed by atoms with Crippen LogP contribution >= 0.6 is 11.3 Å². The minimum Gasteiger partial charge on any atom is -0.481 e. The minimum atomic E-state index is -2.47. The molecular formula is C15H15F2NO2S. The standard InChI is InChI=1S/C15H15F2NO2S/c16-15(17)11-5-3-10(4-6-11)9-18-12(8-14(19)20)13-2-1-7-21-13/h1-7,12,15,18H,8-9H2,(H,19,20). The van der Waals surface area contributed by atoms with E-state index in [4.69, 9.17) is 5.11 Å². The van der Waals surface area contributed by atoms with Crippen molar-refractivity contribution < 1.29 is 18.7 Å². The molecule has 0 bridgehead atoms. The van der Waals surface area contributed by atoms with Crippen LogP contribution in [0.2, 0.25) is 0 Å². The van der Waals surface area contributed by atoms with E-state index in [1.165, 1.54) is 23.5 Å². The summed E-state index contributed by atoms with van der Waals surface area (Å²) in [6, 6.07) is 9.50. The van der Waals surface area contributed by atoms with E-state index in [0.29, 0.717) is 6.54 Å². The molecule has 0 spiro atoms. The van der Waals surface area contributed by atoms with Crippen molar-refractivity contribution in [2.75, 3.05) is 0 Å². The van der Waals surface area contributed by atoms with Gasteiger partial charge in [0, 0.05) is 17.0 Å². The quantitative estimate of drug-likeness (QED) is 0.813. The molecule has 1 aromatic carbocycles. The summed E-state index contributed by atoms with van der Waals surface area (Å²) in [4.78, 5) is 11.9. The first-order valence-corrected chi connectivity index (χ1v) is 7.30. The molecule has 2 aromatic rings. The van der Waals surface area contributed by atoms with E-state index < -0.39 is 12.4 Å². The van der Waals surface area contributed by atoms with Gasteiger partial charge in [-0.15, -0.1) is 11.3 Å². The lowest BCUT2D eigenvalue weighted by atomic mass is 10.1. The predicted octanol–water partition coefficient (Wildman–Crippen LogP) is 3.99. The number of thiophene rings is 1. The number of hydrogen-bond acceptors (Lipinski definition) is 3. The van der Waals surface area contributed by atoms with Crippen LogP contribution in [0.25, 0.3) is 0 Å². The summed E-state index contributed by atoms with van der Waals surface area (Å²) in [6.07, 6.45) is -2.49. The van der Waals surface area contributed by atoms with Crippen molar-refractivity contribution in [3.63, 3.8) is 0 Å². The molecular weight excluding hydrogens is 296 g/mol. The normalized spacial score (nSPS) is 12.5. The van der Waals surface area contributed by atoms with E-state index in [1.807, 2.05) is 17.5 Å². The molecule has 0 aliphatic carbocycles. The van der Waals surface area contributed by atoms with Crippen LogP contribution in [0.5, 0.6) is 0 Å². The lowest BCUT2D eigenvalue weighted by Gasteiger charge is -2.15. The molecule has 21 heavy (non-hydrogen) atoms. The van der Waals surface area contributed by atoms with Crippen molar-refractivity contribution in [3.05, 3.63) is 57.8 Å². The first kappa shape index (κ1) is 15.6. The molecule has 2 rings (SSSR count). The molecule has 6 heteroatoms. The molecule has 1 atom stereocenters. The Morgan fingerprint density at radius 3 is 2.48 bits per heavy atom. The van der Waals surface area contributed by atoms with Crippen molar-refractivity contribution in [1.82, 2.24) is 5.32 Å². The highest BCUT2D eigenvalue weighted by atomic mass is 32.1. The molecule has 112 valence electrons. The Kier molecular flexibility index (Phi) is 5.41. The summed E-state index contributed by atoms with van der Waals surface area (Å²) in [5.74, 6) is -0.881. The molecule has 1 heterocycles. The number of carbonyl (C=O) groups is 1. The molecule has 2 N–H and O–H groups in total. The topological polar surface area (TPSA) is 49.3 Å². The Labute approximate surface area is 125 Å². The number of rotatable bonds is 7. The fourth-order valence-electron chi connectivity index (χ4n) is 1.96. The van der Waals surface area contributed by atoms with Crippen LogP contribution < -0.4 is 5.32 Å². The van der Waals surface area contributed by atoms with Crippen molar-refractivity contribution in [2.45, 2.75) is 25.4 Å². The Hall–Kier alpha value is -1.79. The molecule has 0 saturated heterocycles. The van der Waals surface area contributed by atoms with E-state index in [1.54, 1.807) is 12.1 Å². The van der Waals surface area contributed by atoms with Crippen LogP contribution in [0.1, 0.15) is 34.9 Å². The largest absolute Gasteiger partial charge is 0.481 e. The van der Waals surface area contributed by atoms with Gasteiger partial charge >= 0.3 is 5.97 Å². The zero-order chi connectivity index (χ0) is 15.2. The van der Waals surface area contributed by atoms with Crippen molar-refractivity contribution in [2.24, 2.45) is 0 Å². The third-order valence-electron chi connectivity index (χ3n) is 3.05. The average molecular weight is 311 g/mol. The van der Waals surface area contributed by atoms with Gasteiger partial charge < -0.3 is 10.4 Å². The molecule has 0 amide bonds. The van der Waals surface area contributed by atoms with Gasteiger partial charge in [-0.2, -0.15) is 0 Å². The average Bonchev–Trinajstić information content (AvgIpc) is 2.97. The molecule has 3 nitrogen and oxygen atoms in total. The van der Waals surface area contributed by atoms with E-state index in [2.05, 4.69) is 5.32 Å². The molecule has 1 aromatic heterocycles. The van der Waals surface area contributed by atoms with E-state index in [-0.39, 0.29) is 18.0 Å². The number of hydrogen-bond donors (Lipinski definition) is 2. The zero-order valence-electron chi connectivity index (χ0n) is 11.1. The van der Waals surface area contributed by atoms with Crippen LogP contribution in [-0.2, 0) is 11.3 Å². The molecule has 0 fully saturated rings. The summed E-state index contributed by atoms with van der Waals surface area (Å²) in [6.45, 7) is 0.430. The third-order valence-corrected chi connectivity index (χ3v) is 4.04. The Morgan fingerprint density at radius 2 is 1.95 bits per heavy atom. The number of halogens is 2. The number of aliphatic carboxylic acids is 1. The first-order chi connectivity index (χ1) is 10.1. The smallest absolute Gasteiger partial charge is 0.305 e. The van der Waals surface area contributed by atoms with E-state index in [9.17, 15) is 13.6 Å². The van der Waals surface area contributed by atoms with Gasteiger partial charge in [-0.05, 0) is 17.0 Å². The summed E-state index contributed by atoms with van der Waals surface area (Å²) in [5.41, 5.74) is 0.824. The van der Waals surface area contributed by atoms with Crippen molar-refractivity contribution in [3.8, 4) is 0 Å². The van der Waals surface area contributed by atoms with Gasteiger partial charge in [0.15, 0.2) is 0 Å². The van der Waals surface area contributed by atoms with Gasteiger partial charge in [0.1, 0.15) is 0 Å². The highest BCUT2D eigenvalue weighted by Gasteiger charge is 2.16. The summed E-state index contributed by atoms with van der Waals surface area (Å²) in [7, 11) is 0. The highest BCUT2D eigenvalue weighted by Crippen LogP contribution is 2.23. The third kappa shape index (κ3) is 4.61. The SMILES string of the molecule is O=C(O)CC(NCc1ccc(C(F)F)cc1)c1cccs1. The maximum absolute atomic E-state index is 12.5. The Morgan fingerprint density at radius 1 is 1.24 bits per heavy atom. The van der Waals surface area contributed by atoms with Crippen LogP contribution in [0, 0.1) is 0 Å². The minimum absolute atomic E-state index is 0.0147. The number of carboxylic acids is 1. The zero-order valence-corrected chi connectivity index (χ0v) is 11.9. The monoisotopic (exact) mass is 311 g/mol. The van der Waals surface area contributed by atoms with Crippen molar-refractivity contribution >= 4 is 17.3 Å². The number of benzene rings is 1. The van der Waals surface area contributed by atoms with E-state index >= 15 is 0 Å². The second kappa shape index (κ2) is 7.28. The maximum Gasteiger partial charge on any atom is 0.305 e. The second-order valence-electron chi connectivity index (χ2n) is 4.59. The first-order valence-electron chi connectivity index (χ1n) is 6.42. The van der Waals surface area contributed by atoms with Gasteiger partial charge in [-0.1, -0.05) is 30.3 Å². The fraction of sp³-hybridized carbons (Fsp3) is 0.267. The number of nitrogens with one attached hydrogen (secondary N) is 1. The predicted molar refractivity (Wildman–Crippen MR) is 77.6 cm³/mol. The van der Waals surface area contributed by atoms with Gasteiger partial charge in [0.05, 0.1) is 12.5 Å². The van der Waals surface area contributed by atoms with E-state index in [0.717, 1.165) is 10.4 Å². The maximum atomic E-state index is 12.5. The van der Waals surface area contributed by atoms with Gasteiger partial charge in [-0.25, -0.2) is 8.78 Å². The molecule has 0 aliphatic rings. The lowest BCUT2D eigenvalue weighted by molar-refractivity contribution is -0.137. The second-order valence-corrected chi connectivity index (χ2v) is 5.57. The molecule has 0 radical (unpaired) electrons. The van der Waals surface area contributed by atoms with Crippen LogP contribution in [-0.4, -0.2) is 11.1 Å². The Bertz CT molecular complexity index is 570. The van der Waals surface area contributed by atoms with Crippen LogP contribution in [0.4, 0.5) is 8.78 Å². The van der Waals surface area contributed by atoms with Crippen molar-refractivity contribution in [1.29, 1.82) is 0 Å². The number of alkyl halides is 2. The molecule has 0 aliphatic heterocycles. The van der Waals surface area contributed by atoms with Gasteiger partial charge in [0.2, 0.25) is 0 Å². The summed E-state index contributed by atoms with van der Waals surface area (Å²) in [5, 5.41) is 14.0. The van der Waals surface area contributed by atoms with Gasteiger partial charge in [0.25, 0.3) is 6.43 Å². The lowest BCUT2D eigenvalue weighted by Crippen LogP contribution is -2.22. The summed E-state index contributed by atoms with van der Waals surface area (Å²) < 4.78 is 24.9. The highest BCUT2D eigenvalue weighted by molar-refractivity contribution is 7.10. The van der Waals surface area contributed by atoms with Crippen LogP contribution in [0.15, 0.2) is 41.8 Å². The summed E-state index contributed by atoms with van der Waals surface area (Å²) >= 11 is 1.49. The van der Waals surface area contributed by atoms with Crippen LogP contribution in [0.3, 0.4) is 0 Å². The number of carboxylic acid groups (broad SMARTS) is 1. The molecule has 0 saturated carbocycles. The molecule has 1 unspecified atom stereocenters.